The topological polar surface area (TPSA) is 138 Å². The van der Waals surface area contributed by atoms with E-state index in [0.29, 0.717) is 54.0 Å². The third kappa shape index (κ3) is 6.27. The molecule has 1 amide bonds. The molecule has 0 bridgehead atoms. The lowest BCUT2D eigenvalue weighted by Gasteiger charge is -2.34. The number of hydrogen-bond donors (Lipinski definition) is 1. The highest BCUT2D eigenvalue weighted by atomic mass is 79.9. The zero-order valence-electron chi connectivity index (χ0n) is 24.3. The minimum Gasteiger partial charge on any atom is -0.454 e. The van der Waals surface area contributed by atoms with Gasteiger partial charge in [-0.15, -0.1) is 0 Å². The lowest BCUT2D eigenvalue weighted by Crippen LogP contribution is -2.46. The van der Waals surface area contributed by atoms with Crippen molar-refractivity contribution in [2.75, 3.05) is 38.7 Å². The molecule has 6 rings (SSSR count). The van der Waals surface area contributed by atoms with Gasteiger partial charge in [0.25, 0.3) is 5.91 Å². The Morgan fingerprint density at radius 3 is 2.70 bits per heavy atom. The van der Waals surface area contributed by atoms with Crippen LogP contribution in [0.3, 0.4) is 0 Å². The summed E-state index contributed by atoms with van der Waals surface area (Å²) in [5.41, 5.74) is 7.44. The molecule has 0 radical (unpaired) electrons. The quantitative estimate of drug-likeness (QED) is 0.329. The van der Waals surface area contributed by atoms with E-state index in [9.17, 15) is 9.59 Å². The normalized spacial score (nSPS) is 19.7. The van der Waals surface area contributed by atoms with E-state index >= 15 is 0 Å². The number of aromatic nitrogens is 4. The fourth-order valence-electron chi connectivity index (χ4n) is 6.07. The van der Waals surface area contributed by atoms with Crippen LogP contribution in [0.4, 0.5) is 5.82 Å². The smallest absolute Gasteiger partial charge is 0.324 e. The van der Waals surface area contributed by atoms with Gasteiger partial charge in [0.2, 0.25) is 6.79 Å². The number of nitrogens with two attached hydrogens (primary N) is 1. The number of ether oxygens (including phenoxy) is 3. The molecule has 3 aliphatic heterocycles. The van der Waals surface area contributed by atoms with E-state index < -0.39 is 6.10 Å². The first-order chi connectivity index (χ1) is 20.8. The summed E-state index contributed by atoms with van der Waals surface area (Å²) in [6.45, 7) is 7.61. The first-order valence-corrected chi connectivity index (χ1v) is 16.4. The van der Waals surface area contributed by atoms with E-state index in [1.54, 1.807) is 6.92 Å². The van der Waals surface area contributed by atoms with Gasteiger partial charge in [-0.2, -0.15) is 0 Å². The number of likely N-dealkylation sites (tertiary alicyclic amines) is 2. The number of nitrogen functional groups attached to an aromatic ring is 1. The van der Waals surface area contributed by atoms with E-state index in [2.05, 4.69) is 35.4 Å². The van der Waals surface area contributed by atoms with Crippen molar-refractivity contribution < 1.29 is 23.8 Å². The molecule has 0 unspecified atom stereocenters. The maximum absolute atomic E-state index is 13.1. The van der Waals surface area contributed by atoms with Crippen molar-refractivity contribution in [2.45, 2.75) is 74.7 Å². The number of esters is 1. The van der Waals surface area contributed by atoms with Crippen LogP contribution in [0, 0.1) is 5.92 Å². The van der Waals surface area contributed by atoms with Gasteiger partial charge >= 0.3 is 5.97 Å². The van der Waals surface area contributed by atoms with Crippen LogP contribution in [-0.2, 0) is 20.9 Å². The predicted molar refractivity (Wildman–Crippen MR) is 164 cm³/mol. The van der Waals surface area contributed by atoms with Crippen molar-refractivity contribution in [3.05, 3.63) is 22.9 Å². The number of amides is 1. The zero-order valence-corrected chi connectivity index (χ0v) is 26.7. The summed E-state index contributed by atoms with van der Waals surface area (Å²) >= 11 is 5.15. The molecule has 230 valence electrons. The van der Waals surface area contributed by atoms with Gasteiger partial charge in [-0.3, -0.25) is 14.5 Å². The van der Waals surface area contributed by atoms with Crippen LogP contribution in [0.25, 0.3) is 11.2 Å². The monoisotopic (exact) mass is 673 g/mol. The minimum absolute atomic E-state index is 0.117. The number of piperidine rings is 1. The van der Waals surface area contributed by atoms with Gasteiger partial charge in [-0.25, -0.2) is 15.0 Å². The second-order valence-corrected chi connectivity index (χ2v) is 13.0. The number of carbonyl (C=O) groups excluding carboxylic acids is 2. The highest BCUT2D eigenvalue weighted by Gasteiger charge is 2.34. The van der Waals surface area contributed by atoms with E-state index in [-0.39, 0.29) is 24.7 Å². The summed E-state index contributed by atoms with van der Waals surface area (Å²) in [4.78, 5) is 44.2. The van der Waals surface area contributed by atoms with Gasteiger partial charge in [-0.05, 0) is 86.1 Å². The van der Waals surface area contributed by atoms with Gasteiger partial charge in [0.1, 0.15) is 12.4 Å². The molecule has 1 aromatic carbocycles. The Bertz CT molecular complexity index is 1510. The first-order valence-electron chi connectivity index (χ1n) is 14.8. The number of halogens is 1. The molecule has 3 aromatic rings. The van der Waals surface area contributed by atoms with Crippen molar-refractivity contribution in [1.82, 2.24) is 29.3 Å². The Morgan fingerprint density at radius 2 is 1.93 bits per heavy atom. The van der Waals surface area contributed by atoms with Gasteiger partial charge < -0.3 is 29.4 Å². The van der Waals surface area contributed by atoms with Crippen molar-refractivity contribution in [2.24, 2.45) is 5.92 Å². The van der Waals surface area contributed by atoms with Crippen molar-refractivity contribution in [1.29, 1.82) is 0 Å². The van der Waals surface area contributed by atoms with Crippen LogP contribution in [0.15, 0.2) is 33.0 Å². The number of nitrogens with zero attached hydrogens (tertiary/aromatic N) is 6. The minimum atomic E-state index is -0.777. The molecule has 43 heavy (non-hydrogen) atoms. The van der Waals surface area contributed by atoms with Gasteiger partial charge in [0.05, 0.1) is 0 Å². The van der Waals surface area contributed by atoms with E-state index in [0.717, 1.165) is 59.7 Å². The molecule has 12 nitrogen and oxygen atoms in total. The molecule has 14 heteroatoms. The van der Waals surface area contributed by atoms with E-state index in [1.165, 1.54) is 18.1 Å². The first kappa shape index (κ1) is 29.9. The summed E-state index contributed by atoms with van der Waals surface area (Å²) in [6, 6.07) is 3.60. The number of hydrogen-bond acceptors (Lipinski definition) is 11. The highest BCUT2D eigenvalue weighted by molar-refractivity contribution is 9.10. The molecule has 5 heterocycles. The molecule has 0 spiro atoms. The Balaban J connectivity index is 1.08. The number of anilines is 1. The predicted octanol–water partition coefficient (Wildman–Crippen LogP) is 4.10. The second kappa shape index (κ2) is 12.9. The number of likely N-dealkylation sites (N-methyl/N-ethyl adjacent to an activating group) is 1. The van der Waals surface area contributed by atoms with Gasteiger partial charge in [-0.1, -0.05) is 18.7 Å². The van der Waals surface area contributed by atoms with Crippen LogP contribution in [0.2, 0.25) is 0 Å². The molecular weight excluding hydrogens is 638 g/mol. The van der Waals surface area contributed by atoms with Crippen LogP contribution < -0.4 is 15.2 Å². The molecule has 2 atom stereocenters. The average molecular weight is 675 g/mol. The lowest BCUT2D eigenvalue weighted by atomic mass is 9.93. The summed E-state index contributed by atoms with van der Waals surface area (Å²) in [5.74, 6) is 1.76. The Labute approximate surface area is 262 Å². The number of carbonyl (C=O) groups is 2. The number of fused-ring (bicyclic) bond motifs is 2. The molecule has 0 saturated carbocycles. The average Bonchev–Trinajstić information content (AvgIpc) is 3.75. The molecule has 2 fully saturated rings. The fourth-order valence-corrected chi connectivity index (χ4v) is 7.58. The number of rotatable bonds is 9. The van der Waals surface area contributed by atoms with Crippen LogP contribution >= 0.6 is 27.7 Å². The van der Waals surface area contributed by atoms with E-state index in [4.69, 9.17) is 24.9 Å². The fraction of sp³-hybridized carbons (Fsp3) is 0.552. The third-order valence-corrected chi connectivity index (χ3v) is 10.5. The number of imidazole rings is 1. The summed E-state index contributed by atoms with van der Waals surface area (Å²) < 4.78 is 19.7. The molecule has 2 N–H and O–H groups in total. The summed E-state index contributed by atoms with van der Waals surface area (Å²) in [5, 5.41) is 0.758. The SMILES string of the molecule is CCN1CCC[C@H]1C(=O)O[C@@H](C)C(=O)N1CCC(CCn2c(Sc3cc4c(cc3Br)OCO4)nc3c(N)ncnc32)CC1. The lowest BCUT2D eigenvalue weighted by molar-refractivity contribution is -0.163. The maximum Gasteiger partial charge on any atom is 0.324 e. The van der Waals surface area contributed by atoms with Gasteiger partial charge in [0, 0.05) is 29.0 Å². The van der Waals surface area contributed by atoms with Crippen LogP contribution in [0.1, 0.15) is 46.0 Å². The third-order valence-electron chi connectivity index (χ3n) is 8.52. The van der Waals surface area contributed by atoms with E-state index in [1.807, 2.05) is 24.0 Å². The molecule has 2 aromatic heterocycles. The second-order valence-electron chi connectivity index (χ2n) is 11.1. The Hall–Kier alpha value is -3.10. The zero-order chi connectivity index (χ0) is 30.1. The number of benzene rings is 1. The summed E-state index contributed by atoms with van der Waals surface area (Å²) in [7, 11) is 0. The summed E-state index contributed by atoms with van der Waals surface area (Å²) in [6.07, 6.45) is 5.10. The Morgan fingerprint density at radius 1 is 1.16 bits per heavy atom. The molecular formula is C29H36BrN7O5S. The van der Waals surface area contributed by atoms with Crippen molar-refractivity contribution in [3.63, 3.8) is 0 Å². The number of aryl methyl sites for hydroxylation is 1. The van der Waals surface area contributed by atoms with Crippen molar-refractivity contribution >= 4 is 56.6 Å². The molecule has 3 aliphatic rings. The van der Waals surface area contributed by atoms with Crippen LogP contribution in [-0.4, -0.2) is 86.3 Å². The molecule has 0 aliphatic carbocycles. The molecule has 2 saturated heterocycles. The van der Waals surface area contributed by atoms with Crippen LogP contribution in [0.5, 0.6) is 11.5 Å². The Kier molecular flexibility index (Phi) is 8.96. The standard InChI is InChI=1S/C29H36BrN7O5S/c1-3-35-9-4-5-20(35)28(39)42-17(2)27(38)36-10-6-18(7-11-36)8-12-37-26-24(25(31)32-15-33-26)34-29(37)43-23-14-22-21(13-19(23)30)40-16-41-22/h13-15,17-18,20H,3-12,16H2,1-2H3,(H2,31,32,33)/t17-,20-/m0/s1. The van der Waals surface area contributed by atoms with Crippen molar-refractivity contribution in [3.8, 4) is 11.5 Å². The largest absolute Gasteiger partial charge is 0.454 e. The van der Waals surface area contributed by atoms with Gasteiger partial charge in [0.15, 0.2) is 39.7 Å². The highest BCUT2D eigenvalue weighted by Crippen LogP contribution is 2.43. The maximum atomic E-state index is 13.1.